The molecule has 28 heavy (non-hydrogen) atoms. The summed E-state index contributed by atoms with van der Waals surface area (Å²) in [7, 11) is -3.28. The van der Waals surface area contributed by atoms with E-state index in [1.54, 1.807) is 4.68 Å². The van der Waals surface area contributed by atoms with Gasteiger partial charge >= 0.3 is 11.8 Å². The Kier molecular flexibility index (Phi) is 5.05. The Morgan fingerprint density at radius 3 is 2.36 bits per heavy atom. The number of amides is 2. The highest BCUT2D eigenvalue weighted by Gasteiger charge is 2.35. The van der Waals surface area contributed by atoms with Gasteiger partial charge in [-0.2, -0.15) is 5.10 Å². The van der Waals surface area contributed by atoms with Crippen LogP contribution in [0.4, 0.5) is 5.82 Å². The van der Waals surface area contributed by atoms with Crippen LogP contribution in [0.25, 0.3) is 0 Å². The van der Waals surface area contributed by atoms with E-state index in [0.29, 0.717) is 11.3 Å². The van der Waals surface area contributed by atoms with E-state index in [1.165, 1.54) is 0 Å². The predicted molar refractivity (Wildman–Crippen MR) is 105 cm³/mol. The number of sulfone groups is 1. The Morgan fingerprint density at radius 1 is 1.11 bits per heavy atom. The second-order valence-electron chi connectivity index (χ2n) is 8.01. The van der Waals surface area contributed by atoms with Crippen LogP contribution >= 0.6 is 0 Å². The van der Waals surface area contributed by atoms with Gasteiger partial charge in [0, 0.05) is 12.1 Å². The lowest BCUT2D eigenvalue weighted by Gasteiger charge is -2.23. The van der Waals surface area contributed by atoms with Crippen LogP contribution in [-0.2, 0) is 43.0 Å². The van der Waals surface area contributed by atoms with Crippen molar-refractivity contribution in [1.29, 1.82) is 0 Å². The molecule has 150 valence electrons. The third kappa shape index (κ3) is 4.24. The van der Waals surface area contributed by atoms with Crippen molar-refractivity contribution in [2.24, 2.45) is 0 Å². The van der Waals surface area contributed by atoms with Crippen LogP contribution in [0.15, 0.2) is 24.3 Å². The van der Waals surface area contributed by atoms with Gasteiger partial charge in [-0.3, -0.25) is 9.59 Å². The molecule has 0 atom stereocenters. The van der Waals surface area contributed by atoms with Crippen molar-refractivity contribution in [1.82, 2.24) is 15.1 Å². The molecule has 2 amide bonds. The summed E-state index contributed by atoms with van der Waals surface area (Å²) in [4.78, 5) is 24.6. The van der Waals surface area contributed by atoms with Gasteiger partial charge in [0.25, 0.3) is 0 Å². The van der Waals surface area contributed by atoms with Gasteiger partial charge in [-0.1, -0.05) is 29.8 Å². The van der Waals surface area contributed by atoms with Gasteiger partial charge in [0.05, 0.1) is 22.7 Å². The fourth-order valence-electron chi connectivity index (χ4n) is 2.99. The molecule has 2 aromatic rings. The first-order valence-electron chi connectivity index (χ1n) is 8.93. The number of hydrogen-bond acceptors (Lipinski definition) is 5. The fraction of sp³-hybridized carbons (Fsp3) is 0.421. The van der Waals surface area contributed by atoms with Gasteiger partial charge in [0.15, 0.2) is 9.84 Å². The number of carbonyl (C=O) groups excluding carboxylic acids is 2. The maximum atomic E-state index is 12.4. The Labute approximate surface area is 164 Å². The molecule has 0 saturated carbocycles. The van der Waals surface area contributed by atoms with E-state index in [0.717, 1.165) is 11.1 Å². The van der Waals surface area contributed by atoms with Crippen LogP contribution in [0, 0.1) is 6.92 Å². The third-order valence-electron chi connectivity index (χ3n) is 4.43. The van der Waals surface area contributed by atoms with Crippen LogP contribution in [0.2, 0.25) is 0 Å². The molecule has 2 N–H and O–H groups in total. The Bertz CT molecular complexity index is 1030. The van der Waals surface area contributed by atoms with Crippen LogP contribution in [0.3, 0.4) is 0 Å². The number of hydrogen-bond donors (Lipinski definition) is 2. The zero-order chi connectivity index (χ0) is 20.7. The largest absolute Gasteiger partial charge is 0.344 e. The minimum absolute atomic E-state index is 0.159. The van der Waals surface area contributed by atoms with Crippen molar-refractivity contribution < 1.29 is 18.0 Å². The van der Waals surface area contributed by atoms with Gasteiger partial charge in [0.1, 0.15) is 5.82 Å². The molecular weight excluding hydrogens is 380 g/mol. The summed E-state index contributed by atoms with van der Waals surface area (Å²) in [6, 6.07) is 7.60. The number of nitrogens with one attached hydrogen (secondary N) is 2. The monoisotopic (exact) mass is 404 g/mol. The molecule has 0 radical (unpaired) electrons. The molecule has 0 bridgehead atoms. The molecular formula is C19H24N4O4S. The van der Waals surface area contributed by atoms with E-state index in [1.807, 2.05) is 52.0 Å². The second-order valence-corrected chi connectivity index (χ2v) is 10.1. The minimum Gasteiger partial charge on any atom is -0.344 e. The average molecular weight is 404 g/mol. The van der Waals surface area contributed by atoms with Gasteiger partial charge in [-0.25, -0.2) is 13.1 Å². The topological polar surface area (TPSA) is 110 Å². The molecule has 1 aliphatic rings. The van der Waals surface area contributed by atoms with Crippen LogP contribution in [0.1, 0.15) is 43.2 Å². The van der Waals surface area contributed by atoms with E-state index < -0.39 is 27.2 Å². The molecule has 0 fully saturated rings. The third-order valence-corrected chi connectivity index (χ3v) is 5.88. The second kappa shape index (κ2) is 7.05. The first-order chi connectivity index (χ1) is 13.0. The lowest BCUT2D eigenvalue weighted by Crippen LogP contribution is -2.37. The maximum Gasteiger partial charge on any atom is 0.314 e. The molecule has 8 nitrogen and oxygen atoms in total. The van der Waals surface area contributed by atoms with Crippen molar-refractivity contribution in [2.45, 2.75) is 51.3 Å². The number of fused-ring (bicyclic) bond motifs is 1. The Morgan fingerprint density at radius 2 is 1.75 bits per heavy atom. The summed E-state index contributed by atoms with van der Waals surface area (Å²) in [6.07, 6.45) is 0. The van der Waals surface area contributed by atoms with Crippen LogP contribution < -0.4 is 10.6 Å². The smallest absolute Gasteiger partial charge is 0.314 e. The minimum atomic E-state index is -3.28. The lowest BCUT2D eigenvalue weighted by molar-refractivity contribution is -0.136. The Balaban J connectivity index is 1.76. The Hall–Kier alpha value is -2.68. The van der Waals surface area contributed by atoms with Crippen molar-refractivity contribution in [2.75, 3.05) is 5.32 Å². The number of nitrogens with zero attached hydrogens (tertiary/aromatic N) is 2. The molecule has 3 rings (SSSR count). The molecule has 0 spiro atoms. The number of benzene rings is 1. The highest BCUT2D eigenvalue weighted by Crippen LogP contribution is 2.34. The SMILES string of the molecule is Cc1ccc(CNC(=O)C(=O)Nc2c3c(nn2C(C)(C)C)CS(=O)(=O)C3)cc1. The van der Waals surface area contributed by atoms with Gasteiger partial charge < -0.3 is 10.6 Å². The summed E-state index contributed by atoms with van der Waals surface area (Å²) in [5.41, 5.74) is 2.36. The maximum absolute atomic E-state index is 12.4. The van der Waals surface area contributed by atoms with Crippen molar-refractivity contribution >= 4 is 27.5 Å². The quantitative estimate of drug-likeness (QED) is 0.756. The lowest BCUT2D eigenvalue weighted by atomic mass is 10.1. The van der Waals surface area contributed by atoms with E-state index in [4.69, 9.17) is 0 Å². The number of anilines is 1. The van der Waals surface area contributed by atoms with Crippen molar-refractivity contribution in [3.8, 4) is 0 Å². The molecule has 0 aliphatic carbocycles. The standard InChI is InChI=1S/C19H24N4O4S/c1-12-5-7-13(8-6-12)9-20-17(24)18(25)21-16-14-10-28(26,27)11-15(14)22-23(16)19(2,3)4/h5-8H,9-11H2,1-4H3,(H,20,24)(H,21,25). The van der Waals surface area contributed by atoms with E-state index >= 15 is 0 Å². The fourth-order valence-corrected chi connectivity index (χ4v) is 4.48. The summed E-state index contributed by atoms with van der Waals surface area (Å²) in [5, 5.41) is 9.50. The van der Waals surface area contributed by atoms with Gasteiger partial charge in [0.2, 0.25) is 0 Å². The molecule has 2 heterocycles. The summed E-state index contributed by atoms with van der Waals surface area (Å²) < 4.78 is 25.4. The first kappa shape index (κ1) is 20.1. The van der Waals surface area contributed by atoms with E-state index in [-0.39, 0.29) is 23.9 Å². The normalized spacial score (nSPS) is 15.1. The molecule has 0 unspecified atom stereocenters. The van der Waals surface area contributed by atoms with Crippen molar-refractivity contribution in [3.63, 3.8) is 0 Å². The van der Waals surface area contributed by atoms with Crippen LogP contribution in [-0.4, -0.2) is 30.0 Å². The summed E-state index contributed by atoms with van der Waals surface area (Å²) in [6.45, 7) is 7.84. The van der Waals surface area contributed by atoms with E-state index in [9.17, 15) is 18.0 Å². The van der Waals surface area contributed by atoms with Crippen molar-refractivity contribution in [3.05, 3.63) is 46.6 Å². The number of rotatable bonds is 3. The molecule has 9 heteroatoms. The van der Waals surface area contributed by atoms with Crippen LogP contribution in [0.5, 0.6) is 0 Å². The molecule has 0 saturated heterocycles. The highest BCUT2D eigenvalue weighted by molar-refractivity contribution is 7.90. The summed E-state index contributed by atoms with van der Waals surface area (Å²) >= 11 is 0. The number of aryl methyl sites for hydroxylation is 1. The average Bonchev–Trinajstić information content (AvgIpc) is 3.06. The first-order valence-corrected chi connectivity index (χ1v) is 10.7. The zero-order valence-corrected chi connectivity index (χ0v) is 17.2. The highest BCUT2D eigenvalue weighted by atomic mass is 32.2. The number of carbonyl (C=O) groups is 2. The van der Waals surface area contributed by atoms with E-state index in [2.05, 4.69) is 15.7 Å². The van der Waals surface area contributed by atoms with Gasteiger partial charge in [-0.15, -0.1) is 0 Å². The van der Waals surface area contributed by atoms with Gasteiger partial charge in [-0.05, 0) is 33.3 Å². The molecule has 1 aromatic heterocycles. The zero-order valence-electron chi connectivity index (χ0n) is 16.4. The summed E-state index contributed by atoms with van der Waals surface area (Å²) in [5.74, 6) is -1.74. The molecule has 1 aromatic carbocycles. The molecule has 1 aliphatic heterocycles. The predicted octanol–water partition coefficient (Wildman–Crippen LogP) is 1.63. The number of aromatic nitrogens is 2.